The highest BCUT2D eigenvalue weighted by atomic mass is 32.2. The van der Waals surface area contributed by atoms with E-state index in [1.807, 2.05) is 54.6 Å². The summed E-state index contributed by atoms with van der Waals surface area (Å²) >= 11 is 0. The van der Waals surface area contributed by atoms with Gasteiger partial charge in [0, 0.05) is 12.1 Å². The Morgan fingerprint density at radius 2 is 1.62 bits per heavy atom. The summed E-state index contributed by atoms with van der Waals surface area (Å²) in [4.78, 5) is 0. The van der Waals surface area contributed by atoms with Crippen molar-refractivity contribution in [3.05, 3.63) is 60.2 Å². The van der Waals surface area contributed by atoms with Gasteiger partial charge in [-0.05, 0) is 29.5 Å². The summed E-state index contributed by atoms with van der Waals surface area (Å²) in [5.74, 6) is -0.0265. The number of hydrogen-bond acceptors (Lipinski definition) is 3. The zero-order valence-electron chi connectivity index (χ0n) is 13.7. The zero-order valence-corrected chi connectivity index (χ0v) is 14.5. The minimum absolute atomic E-state index is 0.0265. The highest BCUT2D eigenvalue weighted by Gasteiger charge is 2.26. The summed E-state index contributed by atoms with van der Waals surface area (Å²) in [6.45, 7) is 0. The van der Waals surface area contributed by atoms with Crippen LogP contribution in [0.1, 0.15) is 31.2 Å². The lowest BCUT2D eigenvalue weighted by Crippen LogP contribution is -2.49. The van der Waals surface area contributed by atoms with E-state index in [0.29, 0.717) is 0 Å². The van der Waals surface area contributed by atoms with Gasteiger partial charge in [-0.1, -0.05) is 67.4 Å². The van der Waals surface area contributed by atoms with Crippen LogP contribution in [0.2, 0.25) is 0 Å². The Labute approximate surface area is 144 Å². The van der Waals surface area contributed by atoms with Gasteiger partial charge in [0.05, 0.1) is 5.75 Å². The number of nitrogens with two attached hydrogens (primary N) is 1. The van der Waals surface area contributed by atoms with Gasteiger partial charge < -0.3 is 5.73 Å². The van der Waals surface area contributed by atoms with Crippen molar-refractivity contribution >= 4 is 10.0 Å². The molecular weight excluding hydrogens is 320 g/mol. The number of benzene rings is 2. The maximum atomic E-state index is 12.6. The van der Waals surface area contributed by atoms with Gasteiger partial charge in [-0.3, -0.25) is 0 Å². The van der Waals surface area contributed by atoms with Crippen LogP contribution in [0.3, 0.4) is 0 Å². The molecule has 3 N–H and O–H groups in total. The standard InChI is InChI=1S/C19H24N2O2S/c20-18-12-6-7-13-19(18)21-24(22,23)14-16-10-4-5-11-17(16)15-8-2-1-3-9-15/h1-5,8-11,18-19,21H,6-7,12-14,20H2. The van der Waals surface area contributed by atoms with Crippen LogP contribution >= 0.6 is 0 Å². The highest BCUT2D eigenvalue weighted by Crippen LogP contribution is 2.25. The number of rotatable bonds is 5. The number of nitrogens with one attached hydrogen (secondary N) is 1. The molecule has 2 unspecified atom stereocenters. The molecule has 0 amide bonds. The van der Waals surface area contributed by atoms with Crippen LogP contribution < -0.4 is 10.5 Å². The third-order valence-corrected chi connectivity index (χ3v) is 5.95. The van der Waals surface area contributed by atoms with Crippen molar-refractivity contribution < 1.29 is 8.42 Å². The molecule has 4 nitrogen and oxygen atoms in total. The summed E-state index contributed by atoms with van der Waals surface area (Å²) in [6.07, 6.45) is 3.81. The summed E-state index contributed by atoms with van der Waals surface area (Å²) in [7, 11) is -3.43. The van der Waals surface area contributed by atoms with E-state index >= 15 is 0 Å². The topological polar surface area (TPSA) is 72.2 Å². The van der Waals surface area contributed by atoms with Crippen LogP contribution in [-0.2, 0) is 15.8 Å². The zero-order chi connectivity index (χ0) is 17.0. The first-order chi connectivity index (χ1) is 11.6. The average Bonchev–Trinajstić information content (AvgIpc) is 2.58. The third-order valence-electron chi connectivity index (χ3n) is 4.60. The smallest absolute Gasteiger partial charge is 0.216 e. The Kier molecular flexibility index (Phi) is 5.33. The maximum absolute atomic E-state index is 12.6. The lowest BCUT2D eigenvalue weighted by atomic mass is 9.92. The van der Waals surface area contributed by atoms with Crippen LogP contribution in [0, 0.1) is 0 Å². The van der Waals surface area contributed by atoms with Crippen LogP contribution in [0.5, 0.6) is 0 Å². The van der Waals surface area contributed by atoms with Crippen molar-refractivity contribution in [3.8, 4) is 11.1 Å². The van der Waals surface area contributed by atoms with Crippen molar-refractivity contribution in [2.45, 2.75) is 43.5 Å². The molecule has 24 heavy (non-hydrogen) atoms. The average molecular weight is 344 g/mol. The fraction of sp³-hybridized carbons (Fsp3) is 0.368. The molecule has 2 aromatic rings. The normalized spacial score (nSPS) is 21.5. The molecule has 0 spiro atoms. The number of hydrogen-bond donors (Lipinski definition) is 2. The van der Waals surface area contributed by atoms with E-state index in [4.69, 9.17) is 5.73 Å². The molecule has 2 atom stereocenters. The summed E-state index contributed by atoms with van der Waals surface area (Å²) in [5, 5.41) is 0. The van der Waals surface area contributed by atoms with Crippen molar-refractivity contribution in [1.82, 2.24) is 4.72 Å². The van der Waals surface area contributed by atoms with Crippen molar-refractivity contribution in [1.29, 1.82) is 0 Å². The van der Waals surface area contributed by atoms with E-state index in [1.54, 1.807) is 0 Å². The van der Waals surface area contributed by atoms with E-state index < -0.39 is 10.0 Å². The first kappa shape index (κ1) is 17.1. The van der Waals surface area contributed by atoms with Gasteiger partial charge in [-0.15, -0.1) is 0 Å². The molecule has 0 radical (unpaired) electrons. The van der Waals surface area contributed by atoms with Crippen molar-refractivity contribution in [2.24, 2.45) is 5.73 Å². The first-order valence-electron chi connectivity index (χ1n) is 8.44. The Balaban J connectivity index is 1.80. The molecule has 0 aliphatic heterocycles. The number of sulfonamides is 1. The first-order valence-corrected chi connectivity index (χ1v) is 10.1. The Morgan fingerprint density at radius 1 is 0.958 bits per heavy atom. The SMILES string of the molecule is NC1CCCCC1NS(=O)(=O)Cc1ccccc1-c1ccccc1. The molecule has 2 aromatic carbocycles. The van der Waals surface area contributed by atoms with Crippen LogP contribution in [-0.4, -0.2) is 20.5 Å². The van der Waals surface area contributed by atoms with Crippen molar-refractivity contribution in [2.75, 3.05) is 0 Å². The molecule has 0 heterocycles. The minimum Gasteiger partial charge on any atom is -0.326 e. The predicted octanol–water partition coefficient (Wildman–Crippen LogP) is 3.04. The van der Waals surface area contributed by atoms with Gasteiger partial charge in [0.25, 0.3) is 0 Å². The second kappa shape index (κ2) is 7.47. The minimum atomic E-state index is -3.43. The molecule has 1 aliphatic rings. The summed E-state index contributed by atoms with van der Waals surface area (Å²) in [5.41, 5.74) is 8.86. The van der Waals surface area contributed by atoms with Gasteiger partial charge >= 0.3 is 0 Å². The monoisotopic (exact) mass is 344 g/mol. The van der Waals surface area contributed by atoms with Gasteiger partial charge in [-0.2, -0.15) is 0 Å². The molecule has 0 saturated heterocycles. The quantitative estimate of drug-likeness (QED) is 0.876. The summed E-state index contributed by atoms with van der Waals surface area (Å²) in [6, 6.07) is 17.3. The third kappa shape index (κ3) is 4.23. The van der Waals surface area contributed by atoms with Gasteiger partial charge in [0.15, 0.2) is 0 Å². The molecule has 3 rings (SSSR count). The largest absolute Gasteiger partial charge is 0.326 e. The predicted molar refractivity (Wildman–Crippen MR) is 97.9 cm³/mol. The molecular formula is C19H24N2O2S. The van der Waals surface area contributed by atoms with Crippen LogP contribution in [0.15, 0.2) is 54.6 Å². The Morgan fingerprint density at radius 3 is 2.38 bits per heavy atom. The maximum Gasteiger partial charge on any atom is 0.216 e. The molecule has 5 heteroatoms. The van der Waals surface area contributed by atoms with Gasteiger partial charge in [0.2, 0.25) is 10.0 Å². The lowest BCUT2D eigenvalue weighted by molar-refractivity contribution is 0.361. The van der Waals surface area contributed by atoms with E-state index in [9.17, 15) is 8.42 Å². The molecule has 1 fully saturated rings. The van der Waals surface area contributed by atoms with Gasteiger partial charge in [-0.25, -0.2) is 13.1 Å². The Bertz CT molecular complexity index is 775. The molecule has 0 aromatic heterocycles. The van der Waals surface area contributed by atoms with Crippen molar-refractivity contribution in [3.63, 3.8) is 0 Å². The lowest BCUT2D eigenvalue weighted by Gasteiger charge is -2.29. The molecule has 1 aliphatic carbocycles. The van der Waals surface area contributed by atoms with E-state index in [2.05, 4.69) is 4.72 Å². The molecule has 0 bridgehead atoms. The summed E-state index contributed by atoms with van der Waals surface area (Å²) < 4.78 is 28.1. The fourth-order valence-corrected chi connectivity index (χ4v) is 4.83. The molecule has 1 saturated carbocycles. The fourth-order valence-electron chi connectivity index (χ4n) is 3.33. The van der Waals surface area contributed by atoms with E-state index in [-0.39, 0.29) is 17.8 Å². The second-order valence-electron chi connectivity index (χ2n) is 6.45. The highest BCUT2D eigenvalue weighted by molar-refractivity contribution is 7.88. The van der Waals surface area contributed by atoms with Crippen LogP contribution in [0.4, 0.5) is 0 Å². The van der Waals surface area contributed by atoms with E-state index in [0.717, 1.165) is 42.4 Å². The van der Waals surface area contributed by atoms with Crippen LogP contribution in [0.25, 0.3) is 11.1 Å². The second-order valence-corrected chi connectivity index (χ2v) is 8.21. The van der Waals surface area contributed by atoms with Gasteiger partial charge in [0.1, 0.15) is 0 Å². The molecule has 128 valence electrons. The van der Waals surface area contributed by atoms with E-state index in [1.165, 1.54) is 0 Å². The Hall–Kier alpha value is -1.69.